The number of fused-ring (bicyclic) bond motifs is 2. The van der Waals surface area contributed by atoms with E-state index in [2.05, 4.69) is 10.3 Å². The van der Waals surface area contributed by atoms with Crippen LogP contribution in [-0.2, 0) is 0 Å². The van der Waals surface area contributed by atoms with Crippen LogP contribution in [0.3, 0.4) is 0 Å². The number of hydrogen-bond donors (Lipinski definition) is 2. The Labute approximate surface area is 162 Å². The first-order valence-corrected chi connectivity index (χ1v) is 9.52. The molecule has 0 spiro atoms. The number of aliphatic hydroxyl groups excluding tert-OH is 1. The fourth-order valence-corrected chi connectivity index (χ4v) is 4.10. The summed E-state index contributed by atoms with van der Waals surface area (Å²) in [5.41, 5.74) is 1.55. The van der Waals surface area contributed by atoms with Gasteiger partial charge >= 0.3 is 6.03 Å². The van der Waals surface area contributed by atoms with Gasteiger partial charge < -0.3 is 10.4 Å². The minimum atomic E-state index is -0.798. The highest BCUT2D eigenvalue weighted by Gasteiger charge is 2.30. The molecule has 2 amide bonds. The standard InChI is InChI=1S/C21H19N3O2S/c1-14(19(25)15-8-3-2-4-9-15)23-21(26)24-16-10-5-6-11-17(16)27-18-12-7-13-22-20(18)24/h2-14,19,25H,1H3,(H,23,26). The number of para-hydroxylation sites is 1. The molecule has 27 heavy (non-hydrogen) atoms. The fourth-order valence-electron chi connectivity index (χ4n) is 3.07. The Hall–Kier alpha value is -2.83. The van der Waals surface area contributed by atoms with Crippen molar-refractivity contribution >= 4 is 29.3 Å². The van der Waals surface area contributed by atoms with Crippen molar-refractivity contribution < 1.29 is 9.90 Å². The second kappa shape index (κ2) is 7.42. The zero-order valence-electron chi connectivity index (χ0n) is 14.7. The maximum absolute atomic E-state index is 13.1. The molecule has 5 nitrogen and oxygen atoms in total. The number of nitrogens with zero attached hydrogens (tertiary/aromatic N) is 2. The van der Waals surface area contributed by atoms with Gasteiger partial charge in [0.1, 0.15) is 0 Å². The van der Waals surface area contributed by atoms with Crippen molar-refractivity contribution in [3.63, 3.8) is 0 Å². The van der Waals surface area contributed by atoms with Crippen molar-refractivity contribution in [1.29, 1.82) is 0 Å². The Kier molecular flexibility index (Phi) is 4.83. The molecule has 2 aromatic carbocycles. The molecule has 0 bridgehead atoms. The molecular weight excluding hydrogens is 358 g/mol. The molecule has 0 aliphatic carbocycles. The van der Waals surface area contributed by atoms with Crippen molar-refractivity contribution in [2.24, 2.45) is 0 Å². The van der Waals surface area contributed by atoms with Gasteiger partial charge in [0.05, 0.1) is 22.7 Å². The third-order valence-electron chi connectivity index (χ3n) is 4.46. The second-order valence-electron chi connectivity index (χ2n) is 6.32. The number of aliphatic hydroxyl groups is 1. The monoisotopic (exact) mass is 377 g/mol. The first-order chi connectivity index (χ1) is 13.1. The van der Waals surface area contributed by atoms with E-state index in [0.717, 1.165) is 21.0 Å². The molecule has 2 unspecified atom stereocenters. The smallest absolute Gasteiger partial charge is 0.328 e. The van der Waals surface area contributed by atoms with Crippen molar-refractivity contribution in [2.45, 2.75) is 28.9 Å². The Bertz CT molecular complexity index is 919. The average molecular weight is 377 g/mol. The van der Waals surface area contributed by atoms with E-state index in [1.54, 1.807) is 29.8 Å². The average Bonchev–Trinajstić information content (AvgIpc) is 2.71. The summed E-state index contributed by atoms with van der Waals surface area (Å²) in [6.45, 7) is 1.79. The normalized spacial score (nSPS) is 14.7. The molecule has 2 atom stereocenters. The van der Waals surface area contributed by atoms with Crippen LogP contribution < -0.4 is 10.2 Å². The summed E-state index contributed by atoms with van der Waals surface area (Å²) in [6.07, 6.45) is 0.878. The van der Waals surface area contributed by atoms with Gasteiger partial charge in [-0.1, -0.05) is 54.2 Å². The number of pyridine rings is 1. The zero-order valence-corrected chi connectivity index (χ0v) is 15.6. The number of anilines is 2. The van der Waals surface area contributed by atoms with Gasteiger partial charge in [0, 0.05) is 11.1 Å². The van der Waals surface area contributed by atoms with Crippen molar-refractivity contribution in [3.8, 4) is 0 Å². The third-order valence-corrected chi connectivity index (χ3v) is 5.56. The van der Waals surface area contributed by atoms with E-state index < -0.39 is 12.1 Å². The van der Waals surface area contributed by atoms with Crippen molar-refractivity contribution in [2.75, 3.05) is 4.90 Å². The molecule has 0 radical (unpaired) electrons. The highest BCUT2D eigenvalue weighted by atomic mass is 32.2. The Balaban J connectivity index is 1.62. The highest BCUT2D eigenvalue weighted by molar-refractivity contribution is 7.99. The van der Waals surface area contributed by atoms with E-state index in [0.29, 0.717) is 5.82 Å². The molecule has 1 aliphatic rings. The fraction of sp³-hybridized carbons (Fsp3) is 0.143. The maximum atomic E-state index is 13.1. The van der Waals surface area contributed by atoms with Gasteiger partial charge in [-0.05, 0) is 36.8 Å². The molecule has 6 heteroatoms. The van der Waals surface area contributed by atoms with E-state index in [4.69, 9.17) is 0 Å². The summed E-state index contributed by atoms with van der Waals surface area (Å²) < 4.78 is 0. The summed E-state index contributed by atoms with van der Waals surface area (Å²) >= 11 is 1.59. The SMILES string of the molecule is CC(NC(=O)N1c2ccccc2Sc2cccnc21)C(O)c1ccccc1. The lowest BCUT2D eigenvalue weighted by atomic mass is 10.0. The van der Waals surface area contributed by atoms with Gasteiger partial charge in [0.2, 0.25) is 0 Å². The maximum Gasteiger partial charge on any atom is 0.328 e. The van der Waals surface area contributed by atoms with E-state index in [9.17, 15) is 9.90 Å². The number of urea groups is 1. The quantitative estimate of drug-likeness (QED) is 0.704. The van der Waals surface area contributed by atoms with Gasteiger partial charge in [-0.3, -0.25) is 0 Å². The van der Waals surface area contributed by atoms with Gasteiger partial charge in [-0.2, -0.15) is 0 Å². The van der Waals surface area contributed by atoms with Crippen LogP contribution in [0.5, 0.6) is 0 Å². The van der Waals surface area contributed by atoms with Crippen LogP contribution in [0, 0.1) is 0 Å². The minimum absolute atomic E-state index is 0.315. The molecule has 1 aliphatic heterocycles. The molecule has 1 aromatic heterocycles. The second-order valence-corrected chi connectivity index (χ2v) is 7.41. The first kappa shape index (κ1) is 17.6. The summed E-state index contributed by atoms with van der Waals surface area (Å²) in [7, 11) is 0. The largest absolute Gasteiger partial charge is 0.386 e. The van der Waals surface area contributed by atoms with Gasteiger partial charge in [-0.15, -0.1) is 0 Å². The number of benzene rings is 2. The molecule has 4 rings (SSSR count). The van der Waals surface area contributed by atoms with Crippen LogP contribution in [0.15, 0.2) is 82.7 Å². The lowest BCUT2D eigenvalue weighted by Gasteiger charge is -2.31. The van der Waals surface area contributed by atoms with E-state index in [1.165, 1.54) is 0 Å². The topological polar surface area (TPSA) is 65.5 Å². The van der Waals surface area contributed by atoms with Crippen LogP contribution >= 0.6 is 11.8 Å². The summed E-state index contributed by atoms with van der Waals surface area (Å²) in [4.78, 5) is 21.0. The number of carbonyl (C=O) groups excluding carboxylic acids is 1. The Morgan fingerprint density at radius 3 is 2.56 bits per heavy atom. The highest BCUT2D eigenvalue weighted by Crippen LogP contribution is 2.46. The molecule has 3 aromatic rings. The summed E-state index contributed by atoms with van der Waals surface area (Å²) in [5.74, 6) is 0.597. The van der Waals surface area contributed by atoms with Crippen LogP contribution in [0.4, 0.5) is 16.3 Å². The lowest BCUT2D eigenvalue weighted by Crippen LogP contribution is -2.45. The lowest BCUT2D eigenvalue weighted by molar-refractivity contribution is 0.138. The van der Waals surface area contributed by atoms with E-state index >= 15 is 0 Å². The number of hydrogen-bond acceptors (Lipinski definition) is 4. The van der Waals surface area contributed by atoms with Crippen LogP contribution in [0.2, 0.25) is 0 Å². The molecule has 0 saturated heterocycles. The number of amides is 2. The van der Waals surface area contributed by atoms with Crippen molar-refractivity contribution in [3.05, 3.63) is 78.5 Å². The number of rotatable bonds is 3. The third kappa shape index (κ3) is 3.41. The molecule has 2 N–H and O–H groups in total. The Morgan fingerprint density at radius 2 is 1.74 bits per heavy atom. The molecule has 0 fully saturated rings. The number of aromatic nitrogens is 1. The predicted octanol–water partition coefficient (Wildman–Crippen LogP) is 4.52. The first-order valence-electron chi connectivity index (χ1n) is 8.70. The number of nitrogens with one attached hydrogen (secondary N) is 1. The summed E-state index contributed by atoms with van der Waals surface area (Å²) in [6, 6.07) is 20.1. The molecule has 2 heterocycles. The molecular formula is C21H19N3O2S. The molecule has 0 saturated carbocycles. The minimum Gasteiger partial charge on any atom is -0.386 e. The van der Waals surface area contributed by atoms with E-state index in [1.807, 2.05) is 66.7 Å². The van der Waals surface area contributed by atoms with E-state index in [-0.39, 0.29) is 6.03 Å². The van der Waals surface area contributed by atoms with Gasteiger partial charge in [0.15, 0.2) is 5.82 Å². The summed E-state index contributed by atoms with van der Waals surface area (Å²) in [5, 5.41) is 13.5. The van der Waals surface area contributed by atoms with Crippen LogP contribution in [-0.4, -0.2) is 22.2 Å². The van der Waals surface area contributed by atoms with Gasteiger partial charge in [0.25, 0.3) is 0 Å². The number of carbonyl (C=O) groups is 1. The Morgan fingerprint density at radius 1 is 1.04 bits per heavy atom. The van der Waals surface area contributed by atoms with Crippen molar-refractivity contribution in [1.82, 2.24) is 10.3 Å². The van der Waals surface area contributed by atoms with Gasteiger partial charge in [-0.25, -0.2) is 14.7 Å². The predicted molar refractivity (Wildman–Crippen MR) is 106 cm³/mol. The van der Waals surface area contributed by atoms with Crippen LogP contribution in [0.1, 0.15) is 18.6 Å². The zero-order chi connectivity index (χ0) is 18.8. The molecule has 136 valence electrons. The van der Waals surface area contributed by atoms with Crippen LogP contribution in [0.25, 0.3) is 0 Å².